The molecule has 4 nitrogen and oxygen atoms in total. The Morgan fingerprint density at radius 2 is 2.25 bits per heavy atom. The molecule has 1 atom stereocenters. The Kier molecular flexibility index (Phi) is 5.06. The van der Waals surface area contributed by atoms with Crippen molar-refractivity contribution in [3.63, 3.8) is 0 Å². The number of hydrogen-bond donors (Lipinski definition) is 2. The molecular weight excluding hydrogens is 272 g/mol. The maximum absolute atomic E-state index is 10.9. The van der Waals surface area contributed by atoms with Crippen molar-refractivity contribution in [1.29, 1.82) is 0 Å². The number of aromatic amines is 1. The van der Waals surface area contributed by atoms with E-state index in [1.165, 1.54) is 17.3 Å². The van der Waals surface area contributed by atoms with Crippen LogP contribution in [0.2, 0.25) is 0 Å². The lowest BCUT2D eigenvalue weighted by atomic mass is 10.1. The molecule has 1 heterocycles. The van der Waals surface area contributed by atoms with Crippen LogP contribution in [0.1, 0.15) is 31.7 Å². The molecule has 0 spiro atoms. The Bertz CT molecular complexity index is 595. The molecule has 0 saturated carbocycles. The van der Waals surface area contributed by atoms with E-state index in [4.69, 9.17) is 5.11 Å². The summed E-state index contributed by atoms with van der Waals surface area (Å²) < 4.78 is 0. The van der Waals surface area contributed by atoms with Crippen molar-refractivity contribution in [2.75, 3.05) is 5.75 Å². The van der Waals surface area contributed by atoms with E-state index in [0.29, 0.717) is 6.42 Å². The predicted molar refractivity (Wildman–Crippen MR) is 83.3 cm³/mol. The molecule has 0 bridgehead atoms. The van der Waals surface area contributed by atoms with Gasteiger partial charge < -0.3 is 10.1 Å². The molecule has 0 aliphatic heterocycles. The van der Waals surface area contributed by atoms with Crippen LogP contribution in [0.3, 0.4) is 0 Å². The zero-order valence-corrected chi connectivity index (χ0v) is 12.7. The van der Waals surface area contributed by atoms with Crippen LogP contribution in [-0.2, 0) is 17.6 Å². The number of aryl methyl sites for hydroxylation is 2. The van der Waals surface area contributed by atoms with Gasteiger partial charge in [-0.2, -0.15) is 0 Å². The van der Waals surface area contributed by atoms with Gasteiger partial charge in [-0.15, -0.1) is 11.8 Å². The van der Waals surface area contributed by atoms with Gasteiger partial charge in [0, 0.05) is 12.2 Å². The monoisotopic (exact) mass is 292 g/mol. The smallest absolute Gasteiger partial charge is 0.316 e. The van der Waals surface area contributed by atoms with Crippen LogP contribution < -0.4 is 0 Å². The molecule has 2 aromatic rings. The lowest BCUT2D eigenvalue weighted by Gasteiger charge is -2.07. The van der Waals surface area contributed by atoms with E-state index in [-0.39, 0.29) is 5.25 Å². The number of carboxylic acid groups (broad SMARTS) is 1. The Labute approximate surface area is 123 Å². The van der Waals surface area contributed by atoms with Crippen molar-refractivity contribution in [3.05, 3.63) is 29.6 Å². The standard InChI is InChI=1S/C15H20N2O2S/c1-3-10-5-6-11-12(9-10)17-14(16-11)7-8-20-13(4-2)15(18)19/h5-6,9,13H,3-4,7-8H2,1-2H3,(H,16,17)(H,18,19). The van der Waals surface area contributed by atoms with Gasteiger partial charge in [-0.25, -0.2) is 4.98 Å². The zero-order chi connectivity index (χ0) is 14.5. The van der Waals surface area contributed by atoms with Crippen molar-refractivity contribution in [3.8, 4) is 0 Å². The third-order valence-electron chi connectivity index (χ3n) is 3.31. The largest absolute Gasteiger partial charge is 0.480 e. The van der Waals surface area contributed by atoms with E-state index in [1.807, 2.05) is 13.0 Å². The summed E-state index contributed by atoms with van der Waals surface area (Å²) in [5.41, 5.74) is 3.33. The number of rotatable bonds is 7. The SMILES string of the molecule is CCc1ccc2nc(CCSC(CC)C(=O)O)[nH]c2c1. The van der Waals surface area contributed by atoms with Crippen LogP contribution >= 0.6 is 11.8 Å². The van der Waals surface area contributed by atoms with Gasteiger partial charge in [0.1, 0.15) is 11.1 Å². The minimum Gasteiger partial charge on any atom is -0.480 e. The fourth-order valence-electron chi connectivity index (χ4n) is 2.11. The normalized spacial score (nSPS) is 12.7. The molecule has 108 valence electrons. The highest BCUT2D eigenvalue weighted by molar-refractivity contribution is 8.00. The topological polar surface area (TPSA) is 66.0 Å². The molecule has 0 amide bonds. The highest BCUT2D eigenvalue weighted by Crippen LogP contribution is 2.18. The second kappa shape index (κ2) is 6.79. The number of benzene rings is 1. The van der Waals surface area contributed by atoms with Gasteiger partial charge in [0.25, 0.3) is 0 Å². The Morgan fingerprint density at radius 1 is 1.45 bits per heavy atom. The van der Waals surface area contributed by atoms with Crippen molar-refractivity contribution < 1.29 is 9.90 Å². The van der Waals surface area contributed by atoms with Gasteiger partial charge >= 0.3 is 5.97 Å². The summed E-state index contributed by atoms with van der Waals surface area (Å²) in [5, 5.41) is 8.68. The van der Waals surface area contributed by atoms with E-state index < -0.39 is 5.97 Å². The fraction of sp³-hybridized carbons (Fsp3) is 0.467. The number of aromatic nitrogens is 2. The van der Waals surface area contributed by atoms with E-state index in [1.54, 1.807) is 0 Å². The first-order valence-electron chi connectivity index (χ1n) is 6.96. The first kappa shape index (κ1) is 14.9. The number of H-pyrrole nitrogens is 1. The van der Waals surface area contributed by atoms with Crippen molar-refractivity contribution in [2.45, 2.75) is 38.4 Å². The molecule has 2 rings (SSSR count). The second-order valence-electron chi connectivity index (χ2n) is 4.74. The molecule has 0 saturated heterocycles. The Morgan fingerprint density at radius 3 is 2.90 bits per heavy atom. The number of fused-ring (bicyclic) bond motifs is 1. The number of hydrogen-bond acceptors (Lipinski definition) is 3. The summed E-state index contributed by atoms with van der Waals surface area (Å²) in [6.45, 7) is 4.03. The minimum atomic E-state index is -0.727. The molecule has 2 N–H and O–H groups in total. The zero-order valence-electron chi connectivity index (χ0n) is 11.8. The average Bonchev–Trinajstić information content (AvgIpc) is 2.84. The third-order valence-corrected chi connectivity index (χ3v) is 4.68. The highest BCUT2D eigenvalue weighted by Gasteiger charge is 2.15. The fourth-order valence-corrected chi connectivity index (χ4v) is 3.08. The number of carboxylic acids is 1. The van der Waals surface area contributed by atoms with Crippen LogP contribution in [0.4, 0.5) is 0 Å². The van der Waals surface area contributed by atoms with Crippen LogP contribution in [-0.4, -0.2) is 32.0 Å². The Balaban J connectivity index is 1.98. The minimum absolute atomic E-state index is 0.314. The summed E-state index contributed by atoms with van der Waals surface area (Å²) >= 11 is 1.48. The lowest BCUT2D eigenvalue weighted by molar-refractivity contribution is -0.136. The summed E-state index contributed by atoms with van der Waals surface area (Å²) in [6.07, 6.45) is 2.43. The van der Waals surface area contributed by atoms with E-state index in [0.717, 1.165) is 35.5 Å². The predicted octanol–water partition coefficient (Wildman–Crippen LogP) is 3.26. The molecular formula is C15H20N2O2S. The summed E-state index contributed by atoms with van der Waals surface area (Å²) in [6, 6.07) is 6.26. The van der Waals surface area contributed by atoms with E-state index in [9.17, 15) is 4.79 Å². The maximum Gasteiger partial charge on any atom is 0.316 e. The van der Waals surface area contributed by atoms with Gasteiger partial charge in [0.05, 0.1) is 11.0 Å². The first-order valence-corrected chi connectivity index (χ1v) is 8.00. The van der Waals surface area contributed by atoms with Gasteiger partial charge in [-0.3, -0.25) is 4.79 Å². The second-order valence-corrected chi connectivity index (χ2v) is 6.06. The summed E-state index contributed by atoms with van der Waals surface area (Å²) in [7, 11) is 0. The van der Waals surface area contributed by atoms with Crippen LogP contribution in [0, 0.1) is 0 Å². The number of thioether (sulfide) groups is 1. The lowest BCUT2D eigenvalue weighted by Crippen LogP contribution is -2.15. The molecule has 5 heteroatoms. The number of carbonyl (C=O) groups is 1. The van der Waals surface area contributed by atoms with Crippen LogP contribution in [0.25, 0.3) is 11.0 Å². The van der Waals surface area contributed by atoms with Gasteiger partial charge in [-0.1, -0.05) is 19.9 Å². The van der Waals surface area contributed by atoms with E-state index in [2.05, 4.69) is 29.0 Å². The average molecular weight is 292 g/mol. The van der Waals surface area contributed by atoms with Crippen LogP contribution in [0.5, 0.6) is 0 Å². The molecule has 20 heavy (non-hydrogen) atoms. The quantitative estimate of drug-likeness (QED) is 0.822. The number of imidazole rings is 1. The molecule has 0 radical (unpaired) electrons. The van der Waals surface area contributed by atoms with Gasteiger partial charge in [-0.05, 0) is 30.5 Å². The molecule has 1 aromatic heterocycles. The first-order chi connectivity index (χ1) is 9.63. The van der Waals surface area contributed by atoms with Crippen molar-refractivity contribution in [2.24, 2.45) is 0 Å². The molecule has 0 fully saturated rings. The summed E-state index contributed by atoms with van der Waals surface area (Å²) in [5.74, 6) is 0.973. The van der Waals surface area contributed by atoms with Gasteiger partial charge in [0.15, 0.2) is 0 Å². The van der Waals surface area contributed by atoms with E-state index >= 15 is 0 Å². The van der Waals surface area contributed by atoms with Crippen molar-refractivity contribution in [1.82, 2.24) is 9.97 Å². The summed E-state index contributed by atoms with van der Waals surface area (Å²) in [4.78, 5) is 18.8. The molecule has 1 unspecified atom stereocenters. The number of nitrogens with zero attached hydrogens (tertiary/aromatic N) is 1. The molecule has 1 aromatic carbocycles. The van der Waals surface area contributed by atoms with Gasteiger partial charge in [0.2, 0.25) is 0 Å². The molecule has 0 aliphatic rings. The number of aliphatic carboxylic acids is 1. The number of nitrogens with one attached hydrogen (secondary N) is 1. The highest BCUT2D eigenvalue weighted by atomic mass is 32.2. The van der Waals surface area contributed by atoms with Crippen LogP contribution in [0.15, 0.2) is 18.2 Å². The van der Waals surface area contributed by atoms with Crippen molar-refractivity contribution >= 4 is 28.8 Å². The third kappa shape index (κ3) is 3.54. The molecule has 0 aliphatic carbocycles. The Hall–Kier alpha value is -1.49. The maximum atomic E-state index is 10.9.